The van der Waals surface area contributed by atoms with E-state index in [1.807, 2.05) is 0 Å². The molecule has 0 fully saturated rings. The van der Waals surface area contributed by atoms with Gasteiger partial charge in [-0.05, 0) is 0 Å². The van der Waals surface area contributed by atoms with Crippen molar-refractivity contribution >= 4 is 20.2 Å². The van der Waals surface area contributed by atoms with Crippen molar-refractivity contribution in [2.45, 2.75) is 6.29 Å². The van der Waals surface area contributed by atoms with E-state index in [1.54, 1.807) is 0 Å². The maximum atomic E-state index is 9.68. The van der Waals surface area contributed by atoms with Gasteiger partial charge >= 0.3 is 0 Å². The molecule has 0 aromatic carbocycles. The predicted molar refractivity (Wildman–Crippen MR) is 42.1 cm³/mol. The molecule has 0 spiro atoms. The van der Waals surface area contributed by atoms with Gasteiger partial charge in [-0.1, -0.05) is 0 Å². The van der Waals surface area contributed by atoms with Crippen molar-refractivity contribution in [3.63, 3.8) is 0 Å². The van der Waals surface area contributed by atoms with Gasteiger partial charge in [0.2, 0.25) is 0 Å². The Morgan fingerprint density at radius 2 is 1.31 bits per heavy atom. The number of hydrogen-bond donors (Lipinski definition) is 4. The topological polar surface area (TPSA) is 149 Å². The Morgan fingerprint density at radius 3 is 1.31 bits per heavy atom. The minimum atomic E-state index is -4.22. The molecule has 0 radical (unpaired) electrons. The molecule has 0 aliphatic heterocycles. The molecule has 0 amide bonds. The first-order valence-electron chi connectivity index (χ1n) is 2.65. The minimum Gasteiger partial charge on any atom is -0.367 e. The first kappa shape index (κ1) is 15.2. The largest absolute Gasteiger partial charge is 0.367 e. The average Bonchev–Trinajstić information content (AvgIpc) is 1.47. The fraction of sp³-hybridized carbons (Fsp3) is 1.00. The van der Waals surface area contributed by atoms with Gasteiger partial charge in [-0.15, -0.1) is 0 Å². The number of hydrogen-bond acceptors (Lipinski definition) is 6. The van der Waals surface area contributed by atoms with Crippen molar-refractivity contribution < 1.29 is 36.2 Å². The van der Waals surface area contributed by atoms with Gasteiger partial charge in [0.15, 0.2) is 6.29 Å². The van der Waals surface area contributed by atoms with E-state index in [-0.39, 0.29) is 0 Å². The van der Waals surface area contributed by atoms with Gasteiger partial charge < -0.3 is 10.2 Å². The second-order valence-corrected chi connectivity index (χ2v) is 4.93. The molecular formula is C3H10O8S2. The molecule has 0 saturated heterocycles. The summed E-state index contributed by atoms with van der Waals surface area (Å²) in [6, 6.07) is 0. The maximum Gasteiger partial charge on any atom is 0.269 e. The third-order valence-electron chi connectivity index (χ3n) is 0.360. The summed E-state index contributed by atoms with van der Waals surface area (Å²) >= 11 is 0. The van der Waals surface area contributed by atoms with Crippen LogP contribution in [0.3, 0.4) is 0 Å². The Balaban J connectivity index is 0. The van der Waals surface area contributed by atoms with Crippen LogP contribution in [0.15, 0.2) is 0 Å². The third kappa shape index (κ3) is 49.6. The highest BCUT2D eigenvalue weighted by atomic mass is 32.2. The zero-order valence-corrected chi connectivity index (χ0v) is 8.16. The molecule has 0 bridgehead atoms. The van der Waals surface area contributed by atoms with Crippen molar-refractivity contribution in [2.75, 3.05) is 12.0 Å². The SMILES string of the molecule is CS(=O)(=O)O.O=S(=O)(O)CC(O)O. The van der Waals surface area contributed by atoms with Crippen LogP contribution >= 0.6 is 0 Å². The molecule has 0 aliphatic rings. The molecule has 0 atom stereocenters. The van der Waals surface area contributed by atoms with Gasteiger partial charge in [-0.3, -0.25) is 9.11 Å². The fourth-order valence-corrected chi connectivity index (χ4v) is 0.565. The molecular weight excluding hydrogens is 228 g/mol. The third-order valence-corrected chi connectivity index (χ3v) is 1.08. The van der Waals surface area contributed by atoms with Gasteiger partial charge in [0.25, 0.3) is 20.2 Å². The summed E-state index contributed by atoms with van der Waals surface area (Å²) in [6.07, 6.45) is -1.28. The van der Waals surface area contributed by atoms with Crippen molar-refractivity contribution in [3.8, 4) is 0 Å². The standard InChI is InChI=1S/C2H6O5S.CH4O3S/c3-2(4)1-8(5,6)7;1-5(2,3)4/h2-4H,1H2,(H,5,6,7);1H3,(H,2,3,4). The van der Waals surface area contributed by atoms with E-state index >= 15 is 0 Å². The Kier molecular flexibility index (Phi) is 6.40. The maximum absolute atomic E-state index is 9.68. The summed E-state index contributed by atoms with van der Waals surface area (Å²) in [7, 11) is -7.89. The van der Waals surface area contributed by atoms with Crippen LogP contribution in [0.5, 0.6) is 0 Å². The van der Waals surface area contributed by atoms with Gasteiger partial charge in [0.1, 0.15) is 5.75 Å². The van der Waals surface area contributed by atoms with Crippen molar-refractivity contribution in [1.82, 2.24) is 0 Å². The summed E-state index contributed by atoms with van der Waals surface area (Å²) in [6.45, 7) is 0. The average molecular weight is 238 g/mol. The first-order valence-corrected chi connectivity index (χ1v) is 6.11. The van der Waals surface area contributed by atoms with E-state index in [2.05, 4.69) is 0 Å². The lowest BCUT2D eigenvalue weighted by atomic mass is 10.8. The van der Waals surface area contributed by atoms with Crippen LogP contribution in [0, 0.1) is 0 Å². The molecule has 0 rings (SSSR count). The lowest BCUT2D eigenvalue weighted by Crippen LogP contribution is -2.18. The highest BCUT2D eigenvalue weighted by Crippen LogP contribution is 1.83. The number of rotatable bonds is 2. The zero-order valence-electron chi connectivity index (χ0n) is 6.52. The zero-order chi connectivity index (χ0) is 11.3. The quantitative estimate of drug-likeness (QED) is 0.309. The molecule has 0 aromatic rings. The van der Waals surface area contributed by atoms with E-state index < -0.39 is 32.3 Å². The molecule has 0 saturated carbocycles. The highest BCUT2D eigenvalue weighted by Gasteiger charge is 2.09. The molecule has 10 heteroatoms. The highest BCUT2D eigenvalue weighted by molar-refractivity contribution is 7.85. The smallest absolute Gasteiger partial charge is 0.269 e. The molecule has 13 heavy (non-hydrogen) atoms. The molecule has 0 unspecified atom stereocenters. The van der Waals surface area contributed by atoms with Gasteiger partial charge in [-0.25, -0.2) is 0 Å². The molecule has 8 nitrogen and oxygen atoms in total. The molecule has 0 aromatic heterocycles. The van der Waals surface area contributed by atoms with Crippen LogP contribution in [0.25, 0.3) is 0 Å². The first-order chi connectivity index (χ1) is 5.42. The van der Waals surface area contributed by atoms with Gasteiger partial charge in [0, 0.05) is 0 Å². The Labute approximate surface area is 75.3 Å². The van der Waals surface area contributed by atoms with Crippen LogP contribution < -0.4 is 0 Å². The van der Waals surface area contributed by atoms with E-state index in [1.165, 1.54) is 0 Å². The van der Waals surface area contributed by atoms with E-state index in [9.17, 15) is 16.8 Å². The summed E-state index contributed by atoms with van der Waals surface area (Å²) < 4.78 is 53.1. The fourth-order valence-electron chi connectivity index (χ4n) is 0.188. The lowest BCUT2D eigenvalue weighted by molar-refractivity contribution is -0.0207. The molecule has 0 aliphatic carbocycles. The van der Waals surface area contributed by atoms with Crippen LogP contribution in [-0.4, -0.2) is 54.5 Å². The van der Waals surface area contributed by atoms with Gasteiger partial charge in [-0.2, -0.15) is 16.8 Å². The Hall–Kier alpha value is -0.260. The summed E-state index contributed by atoms with van der Waals surface area (Å²) in [5.74, 6) is -1.03. The molecule has 0 heterocycles. The second-order valence-electron chi connectivity index (χ2n) is 1.96. The summed E-state index contributed by atoms with van der Waals surface area (Å²) in [5, 5.41) is 15.8. The normalized spacial score (nSPS) is 12.2. The van der Waals surface area contributed by atoms with Crippen molar-refractivity contribution in [3.05, 3.63) is 0 Å². The van der Waals surface area contributed by atoms with Crippen LogP contribution in [0.2, 0.25) is 0 Å². The summed E-state index contributed by atoms with van der Waals surface area (Å²) in [4.78, 5) is 0. The summed E-state index contributed by atoms with van der Waals surface area (Å²) in [5.41, 5.74) is 0. The van der Waals surface area contributed by atoms with Crippen molar-refractivity contribution in [2.24, 2.45) is 0 Å². The minimum absolute atomic E-state index is 0.715. The predicted octanol–water partition coefficient (Wildman–Crippen LogP) is -2.31. The van der Waals surface area contributed by atoms with Crippen molar-refractivity contribution in [1.29, 1.82) is 0 Å². The Bertz CT molecular complexity index is 301. The molecule has 82 valence electrons. The number of aliphatic hydroxyl groups is 2. The number of aliphatic hydroxyl groups excluding tert-OH is 1. The van der Waals surface area contributed by atoms with E-state index in [4.69, 9.17) is 19.3 Å². The van der Waals surface area contributed by atoms with Crippen LogP contribution in [0.1, 0.15) is 0 Å². The second kappa shape index (κ2) is 5.47. The molecule has 4 N–H and O–H groups in total. The Morgan fingerprint density at radius 1 is 1.08 bits per heavy atom. The van der Waals surface area contributed by atoms with E-state index in [0.29, 0.717) is 6.26 Å². The monoisotopic (exact) mass is 238 g/mol. The van der Waals surface area contributed by atoms with Gasteiger partial charge in [0.05, 0.1) is 6.26 Å². The van der Waals surface area contributed by atoms with Crippen LogP contribution in [-0.2, 0) is 20.2 Å². The van der Waals surface area contributed by atoms with Crippen LogP contribution in [0.4, 0.5) is 0 Å². The van der Waals surface area contributed by atoms with E-state index in [0.717, 1.165) is 0 Å². The lowest BCUT2D eigenvalue weighted by Gasteiger charge is -1.96.